The molecule has 2 aliphatic heterocycles. The number of fused-ring (bicyclic) bond motifs is 1. The van der Waals surface area contributed by atoms with Gasteiger partial charge in [0, 0.05) is 56.5 Å². The second-order valence-electron chi connectivity index (χ2n) is 7.18. The Bertz CT molecular complexity index is 669. The van der Waals surface area contributed by atoms with Crippen LogP contribution in [0.3, 0.4) is 0 Å². The van der Waals surface area contributed by atoms with E-state index in [-0.39, 0.29) is 11.4 Å². The van der Waals surface area contributed by atoms with Crippen molar-refractivity contribution in [3.63, 3.8) is 0 Å². The van der Waals surface area contributed by atoms with Crippen LogP contribution in [0, 0.1) is 11.3 Å². The molecule has 3 rings (SSSR count). The van der Waals surface area contributed by atoms with Crippen LogP contribution in [-0.2, 0) is 16.1 Å². The second kappa shape index (κ2) is 9.10. The molecule has 2 amide bonds. The van der Waals surface area contributed by atoms with Gasteiger partial charge >= 0.3 is 18.2 Å². The molecule has 2 N–H and O–H groups in total. The first kappa shape index (κ1) is 22.4. The van der Waals surface area contributed by atoms with Crippen LogP contribution < -0.4 is 5.32 Å². The first-order valence-corrected chi connectivity index (χ1v) is 9.49. The molecule has 0 spiro atoms. The van der Waals surface area contributed by atoms with Crippen LogP contribution in [0.1, 0.15) is 4.88 Å². The molecule has 7 nitrogen and oxygen atoms in total. The number of alkyl halides is 3. The summed E-state index contributed by atoms with van der Waals surface area (Å²) in [5, 5.41) is 12.3. The monoisotopic (exact) mass is 423 g/mol. The number of carboxylic acids is 1. The van der Waals surface area contributed by atoms with Gasteiger partial charge in [0.05, 0.1) is 13.2 Å². The Kier molecular flexibility index (Phi) is 7.29. The maximum absolute atomic E-state index is 11.8. The average Bonchev–Trinajstić information content (AvgIpc) is 3.28. The molecule has 1 aromatic rings. The molecule has 2 aliphatic rings. The van der Waals surface area contributed by atoms with Gasteiger partial charge in [0.25, 0.3) is 0 Å². The van der Waals surface area contributed by atoms with Gasteiger partial charge in [0.15, 0.2) is 0 Å². The molecular formula is C17H24F3N3O4S. The number of nitrogens with one attached hydrogen (secondary N) is 1. The molecule has 0 bridgehead atoms. The molecule has 2 saturated heterocycles. The first-order valence-electron chi connectivity index (χ1n) is 8.61. The predicted octanol–water partition coefficient (Wildman–Crippen LogP) is 2.10. The lowest BCUT2D eigenvalue weighted by atomic mass is 9.81. The van der Waals surface area contributed by atoms with Crippen LogP contribution in [-0.4, -0.2) is 80.0 Å². The van der Waals surface area contributed by atoms with Crippen molar-refractivity contribution in [3.8, 4) is 0 Å². The number of urea groups is 1. The minimum absolute atomic E-state index is 0.0215. The summed E-state index contributed by atoms with van der Waals surface area (Å²) in [5.41, 5.74) is 0.0862. The lowest BCUT2D eigenvalue weighted by Crippen LogP contribution is -2.45. The summed E-state index contributed by atoms with van der Waals surface area (Å²) >= 11 is 1.81. The van der Waals surface area contributed by atoms with Gasteiger partial charge in [0.2, 0.25) is 0 Å². The highest BCUT2D eigenvalue weighted by atomic mass is 32.1. The largest absolute Gasteiger partial charge is 0.490 e. The zero-order valence-corrected chi connectivity index (χ0v) is 16.5. The zero-order chi connectivity index (χ0) is 20.9. The van der Waals surface area contributed by atoms with Crippen LogP contribution >= 0.6 is 11.3 Å². The summed E-state index contributed by atoms with van der Waals surface area (Å²) in [6.07, 6.45) is -5.08. The Labute approximate surface area is 165 Å². The molecular weight excluding hydrogens is 399 g/mol. The number of amides is 2. The Balaban J connectivity index is 0.000000345. The Hall–Kier alpha value is -1.85. The van der Waals surface area contributed by atoms with E-state index >= 15 is 0 Å². The molecule has 0 aromatic carbocycles. The van der Waals surface area contributed by atoms with E-state index in [1.165, 1.54) is 4.88 Å². The Morgan fingerprint density at radius 3 is 2.68 bits per heavy atom. The van der Waals surface area contributed by atoms with Crippen LogP contribution in [0.25, 0.3) is 0 Å². The van der Waals surface area contributed by atoms with Crippen LogP contribution in [0.2, 0.25) is 0 Å². The number of ether oxygens (including phenoxy) is 1. The molecule has 158 valence electrons. The fourth-order valence-corrected chi connectivity index (χ4v) is 4.09. The number of halogens is 3. The number of carbonyl (C=O) groups is 2. The topological polar surface area (TPSA) is 82.1 Å². The zero-order valence-electron chi connectivity index (χ0n) is 15.7. The van der Waals surface area contributed by atoms with Crippen LogP contribution in [0.5, 0.6) is 0 Å². The number of rotatable bonds is 4. The summed E-state index contributed by atoms with van der Waals surface area (Å²) in [6.45, 7) is 5.36. The van der Waals surface area contributed by atoms with Crippen molar-refractivity contribution < 1.29 is 32.6 Å². The van der Waals surface area contributed by atoms with E-state index in [0.29, 0.717) is 12.5 Å². The van der Waals surface area contributed by atoms with Gasteiger partial charge in [-0.15, -0.1) is 11.3 Å². The maximum atomic E-state index is 11.8. The fraction of sp³-hybridized carbons (Fsp3) is 0.647. The van der Waals surface area contributed by atoms with Gasteiger partial charge in [-0.3, -0.25) is 4.90 Å². The molecule has 0 aliphatic carbocycles. The van der Waals surface area contributed by atoms with Gasteiger partial charge in [-0.05, 0) is 11.4 Å². The minimum atomic E-state index is -5.08. The standard InChI is InChI=1S/C15H23N3O2S.C2HF3O2/c1-17(2)14(19)16-9-15-10-18(6-12(15)8-20-11-15)7-13-4-3-5-21-13;3-2(4,5)1(6)7/h3-5,12H,6-11H2,1-2H3,(H,16,19);(H,6,7)/t12-,15+;/m1./s1. The third-order valence-electron chi connectivity index (χ3n) is 4.79. The van der Waals surface area contributed by atoms with E-state index in [4.69, 9.17) is 14.6 Å². The number of carboxylic acid groups (broad SMARTS) is 1. The summed E-state index contributed by atoms with van der Waals surface area (Å²) in [6, 6.07) is 4.27. The molecule has 0 unspecified atom stereocenters. The highest BCUT2D eigenvalue weighted by Gasteiger charge is 2.50. The van der Waals surface area contributed by atoms with Gasteiger partial charge < -0.3 is 20.1 Å². The number of nitrogens with zero attached hydrogens (tertiary/aromatic N) is 2. The molecule has 2 atom stereocenters. The summed E-state index contributed by atoms with van der Waals surface area (Å²) < 4.78 is 37.4. The smallest absolute Gasteiger partial charge is 0.475 e. The average molecular weight is 423 g/mol. The number of thiophene rings is 1. The summed E-state index contributed by atoms with van der Waals surface area (Å²) in [4.78, 5) is 26.2. The van der Waals surface area contributed by atoms with Gasteiger partial charge in [-0.1, -0.05) is 6.07 Å². The second-order valence-corrected chi connectivity index (χ2v) is 8.21. The van der Waals surface area contributed by atoms with Crippen molar-refractivity contribution in [3.05, 3.63) is 22.4 Å². The quantitative estimate of drug-likeness (QED) is 0.775. The van der Waals surface area contributed by atoms with E-state index in [9.17, 15) is 18.0 Å². The van der Waals surface area contributed by atoms with Crippen molar-refractivity contribution in [2.24, 2.45) is 11.3 Å². The first-order chi connectivity index (χ1) is 13.0. The van der Waals surface area contributed by atoms with Gasteiger partial charge in [-0.2, -0.15) is 13.2 Å². The molecule has 11 heteroatoms. The number of carbonyl (C=O) groups excluding carboxylic acids is 1. The molecule has 2 fully saturated rings. The molecule has 0 radical (unpaired) electrons. The molecule has 0 saturated carbocycles. The fourth-order valence-electron chi connectivity index (χ4n) is 3.35. The van der Waals surface area contributed by atoms with E-state index in [1.807, 2.05) is 11.3 Å². The third kappa shape index (κ3) is 5.82. The highest BCUT2D eigenvalue weighted by Crippen LogP contribution is 2.41. The number of likely N-dealkylation sites (tertiary alicyclic amines) is 1. The minimum Gasteiger partial charge on any atom is -0.475 e. The highest BCUT2D eigenvalue weighted by molar-refractivity contribution is 7.09. The van der Waals surface area contributed by atoms with Crippen molar-refractivity contribution >= 4 is 23.3 Å². The van der Waals surface area contributed by atoms with Crippen molar-refractivity contribution in [1.82, 2.24) is 15.1 Å². The molecule has 1 aromatic heterocycles. The Morgan fingerprint density at radius 1 is 1.46 bits per heavy atom. The normalized spacial score (nSPS) is 24.2. The Morgan fingerprint density at radius 2 is 2.14 bits per heavy atom. The van der Waals surface area contributed by atoms with Crippen LogP contribution in [0.4, 0.5) is 18.0 Å². The van der Waals surface area contributed by atoms with Crippen LogP contribution in [0.15, 0.2) is 17.5 Å². The number of hydrogen-bond donors (Lipinski definition) is 2. The molecule has 28 heavy (non-hydrogen) atoms. The van der Waals surface area contributed by atoms with Crippen molar-refractivity contribution in [1.29, 1.82) is 0 Å². The van der Waals surface area contributed by atoms with Crippen molar-refractivity contribution in [2.45, 2.75) is 12.7 Å². The van der Waals surface area contributed by atoms with E-state index in [1.54, 1.807) is 19.0 Å². The van der Waals surface area contributed by atoms with Gasteiger partial charge in [-0.25, -0.2) is 9.59 Å². The summed E-state index contributed by atoms with van der Waals surface area (Å²) in [7, 11) is 3.54. The van der Waals surface area contributed by atoms with E-state index < -0.39 is 12.1 Å². The number of aliphatic carboxylic acids is 1. The number of hydrogen-bond acceptors (Lipinski definition) is 5. The van der Waals surface area contributed by atoms with E-state index in [0.717, 1.165) is 32.8 Å². The SMILES string of the molecule is CN(C)C(=O)NC[C@]12COC[C@H]1CN(Cc1cccs1)C2.O=C(O)C(F)(F)F. The third-order valence-corrected chi connectivity index (χ3v) is 5.65. The van der Waals surface area contributed by atoms with Crippen molar-refractivity contribution in [2.75, 3.05) is 46.9 Å². The van der Waals surface area contributed by atoms with Gasteiger partial charge in [0.1, 0.15) is 0 Å². The van der Waals surface area contributed by atoms with E-state index in [2.05, 4.69) is 27.7 Å². The molecule has 3 heterocycles. The summed E-state index contributed by atoms with van der Waals surface area (Å²) in [5.74, 6) is -2.23. The maximum Gasteiger partial charge on any atom is 0.490 e. The predicted molar refractivity (Wildman–Crippen MR) is 97.1 cm³/mol. The lowest BCUT2D eigenvalue weighted by Gasteiger charge is -2.28. The lowest BCUT2D eigenvalue weighted by molar-refractivity contribution is -0.192.